The summed E-state index contributed by atoms with van der Waals surface area (Å²) in [6.45, 7) is 1.60. The molecule has 2 atom stereocenters. The van der Waals surface area contributed by atoms with Crippen LogP contribution in [0, 0.1) is 0 Å². The Bertz CT molecular complexity index is 569. The van der Waals surface area contributed by atoms with E-state index in [1.807, 2.05) is 0 Å². The Hall–Kier alpha value is -1.44. The summed E-state index contributed by atoms with van der Waals surface area (Å²) in [5.41, 5.74) is 8.08. The zero-order valence-electron chi connectivity index (χ0n) is 13.3. The second kappa shape index (κ2) is 7.90. The van der Waals surface area contributed by atoms with E-state index in [9.17, 15) is 4.79 Å². The van der Waals surface area contributed by atoms with Gasteiger partial charge in [0.25, 0.3) is 5.91 Å². The van der Waals surface area contributed by atoms with Gasteiger partial charge < -0.3 is 21.1 Å². The average molecular weight is 342 g/mol. The lowest BCUT2D eigenvalue weighted by atomic mass is 9.94. The summed E-state index contributed by atoms with van der Waals surface area (Å²) < 4.78 is 5.46. The number of hydrogen-bond acceptors (Lipinski definition) is 6. The van der Waals surface area contributed by atoms with Gasteiger partial charge in [0.2, 0.25) is 5.95 Å². The molecule has 4 N–H and O–H groups in total. The zero-order chi connectivity index (χ0) is 15.5. The van der Waals surface area contributed by atoms with E-state index in [2.05, 4.69) is 20.6 Å². The van der Waals surface area contributed by atoms with Crippen molar-refractivity contribution in [1.29, 1.82) is 0 Å². The van der Waals surface area contributed by atoms with Gasteiger partial charge >= 0.3 is 0 Å². The van der Waals surface area contributed by atoms with Gasteiger partial charge in [0.1, 0.15) is 5.69 Å². The molecule has 0 saturated carbocycles. The number of methoxy groups -OCH3 is 1. The number of carbonyl (C=O) groups is 1. The van der Waals surface area contributed by atoms with Gasteiger partial charge in [0.15, 0.2) is 0 Å². The minimum atomic E-state index is -0.178. The molecule has 1 aliphatic heterocycles. The molecule has 7 nitrogen and oxygen atoms in total. The third kappa shape index (κ3) is 3.91. The molecule has 8 heteroatoms. The number of hydrogen-bond donors (Lipinski definition) is 3. The maximum atomic E-state index is 12.7. The van der Waals surface area contributed by atoms with Crippen LogP contribution in [0.2, 0.25) is 0 Å². The lowest BCUT2D eigenvalue weighted by molar-refractivity contribution is 0.0446. The van der Waals surface area contributed by atoms with Gasteiger partial charge in [-0.05, 0) is 38.6 Å². The van der Waals surface area contributed by atoms with Crippen LogP contribution >= 0.6 is 12.4 Å². The molecule has 2 heterocycles. The van der Waals surface area contributed by atoms with Crippen molar-refractivity contribution in [3.63, 3.8) is 0 Å². The lowest BCUT2D eigenvalue weighted by Gasteiger charge is -2.31. The predicted molar refractivity (Wildman–Crippen MR) is 89.9 cm³/mol. The molecule has 1 saturated heterocycles. The average Bonchev–Trinajstić information content (AvgIpc) is 2.54. The fourth-order valence-corrected chi connectivity index (χ4v) is 3.30. The Balaban J connectivity index is 0.00000192. The van der Waals surface area contributed by atoms with Crippen molar-refractivity contribution < 1.29 is 9.53 Å². The zero-order valence-corrected chi connectivity index (χ0v) is 14.1. The molecule has 1 aliphatic carbocycles. The van der Waals surface area contributed by atoms with Gasteiger partial charge in [-0.3, -0.25) is 4.79 Å². The van der Waals surface area contributed by atoms with Gasteiger partial charge in [-0.1, -0.05) is 0 Å². The predicted octanol–water partition coefficient (Wildman–Crippen LogP) is 0.466. The number of nitrogens with zero attached hydrogens (tertiary/aromatic N) is 2. The Morgan fingerprint density at radius 3 is 2.91 bits per heavy atom. The minimum absolute atomic E-state index is 0. The first-order valence-electron chi connectivity index (χ1n) is 7.88. The van der Waals surface area contributed by atoms with Crippen LogP contribution in [0.3, 0.4) is 0 Å². The van der Waals surface area contributed by atoms with Crippen LogP contribution in [-0.2, 0) is 17.6 Å². The summed E-state index contributed by atoms with van der Waals surface area (Å²) in [7, 11) is 1.68. The van der Waals surface area contributed by atoms with Gasteiger partial charge in [-0.25, -0.2) is 9.97 Å². The number of nitrogens with two attached hydrogens (primary N) is 1. The summed E-state index contributed by atoms with van der Waals surface area (Å²) in [5.74, 6) is -0.00105. The molecular weight excluding hydrogens is 318 g/mol. The van der Waals surface area contributed by atoms with Crippen molar-refractivity contribution in [1.82, 2.24) is 20.6 Å². The van der Waals surface area contributed by atoms with Crippen LogP contribution in [0.4, 0.5) is 5.95 Å². The van der Waals surface area contributed by atoms with Crippen LogP contribution in [-0.4, -0.2) is 48.2 Å². The van der Waals surface area contributed by atoms with Gasteiger partial charge in [-0.15, -0.1) is 12.4 Å². The van der Waals surface area contributed by atoms with E-state index in [0.29, 0.717) is 12.2 Å². The van der Waals surface area contributed by atoms with Crippen molar-refractivity contribution in [2.75, 3.05) is 25.9 Å². The second-order valence-electron chi connectivity index (χ2n) is 5.91. The van der Waals surface area contributed by atoms with E-state index in [1.54, 1.807) is 7.11 Å². The third-order valence-corrected chi connectivity index (χ3v) is 4.45. The first-order valence-corrected chi connectivity index (χ1v) is 7.88. The SMILES string of the molecule is CO[C@@H]1CCNC[C@@H]1NC(=O)c1nc(N)nc2c1CCCC2.Cl. The molecule has 0 radical (unpaired) electrons. The molecule has 3 rings (SSSR count). The first-order chi connectivity index (χ1) is 10.7. The maximum Gasteiger partial charge on any atom is 0.270 e. The number of anilines is 1. The first kappa shape index (κ1) is 17.9. The summed E-state index contributed by atoms with van der Waals surface area (Å²) in [6, 6.07) is -0.0540. The molecule has 0 aromatic carbocycles. The summed E-state index contributed by atoms with van der Waals surface area (Å²) in [6.07, 6.45) is 4.77. The van der Waals surface area contributed by atoms with E-state index in [-0.39, 0.29) is 36.4 Å². The van der Waals surface area contributed by atoms with Crippen LogP contribution in [0.15, 0.2) is 0 Å². The van der Waals surface area contributed by atoms with E-state index >= 15 is 0 Å². The van der Waals surface area contributed by atoms with E-state index in [0.717, 1.165) is 49.9 Å². The number of rotatable bonds is 3. The van der Waals surface area contributed by atoms with Crippen LogP contribution < -0.4 is 16.4 Å². The topological polar surface area (TPSA) is 102 Å². The van der Waals surface area contributed by atoms with Gasteiger partial charge in [0, 0.05) is 24.9 Å². The number of halogens is 1. The van der Waals surface area contributed by atoms with Crippen LogP contribution in [0.1, 0.15) is 41.0 Å². The third-order valence-electron chi connectivity index (χ3n) is 4.45. The molecule has 1 fully saturated rings. The van der Waals surface area contributed by atoms with E-state index in [1.165, 1.54) is 0 Å². The number of ether oxygens (including phenoxy) is 1. The summed E-state index contributed by atoms with van der Waals surface area (Å²) in [4.78, 5) is 21.1. The van der Waals surface area contributed by atoms with Gasteiger partial charge in [0.05, 0.1) is 12.1 Å². The van der Waals surface area contributed by atoms with Crippen molar-refractivity contribution in [2.24, 2.45) is 0 Å². The molecule has 0 spiro atoms. The molecule has 0 bridgehead atoms. The highest BCUT2D eigenvalue weighted by molar-refractivity contribution is 5.94. The number of aromatic nitrogens is 2. The number of carbonyl (C=O) groups excluding carboxylic acids is 1. The van der Waals surface area contributed by atoms with Crippen molar-refractivity contribution in [2.45, 2.75) is 44.2 Å². The molecule has 2 aliphatic rings. The molecular formula is C15H24ClN5O2. The van der Waals surface area contributed by atoms with E-state index < -0.39 is 0 Å². The number of amides is 1. The van der Waals surface area contributed by atoms with E-state index in [4.69, 9.17) is 10.5 Å². The van der Waals surface area contributed by atoms with Gasteiger partial charge in [-0.2, -0.15) is 0 Å². The van der Waals surface area contributed by atoms with Crippen LogP contribution in [0.5, 0.6) is 0 Å². The molecule has 1 amide bonds. The summed E-state index contributed by atoms with van der Waals surface area (Å²) >= 11 is 0. The highest BCUT2D eigenvalue weighted by atomic mass is 35.5. The fraction of sp³-hybridized carbons (Fsp3) is 0.667. The molecule has 1 aromatic rings. The highest BCUT2D eigenvalue weighted by Gasteiger charge is 2.29. The quantitative estimate of drug-likeness (QED) is 0.738. The molecule has 1 aromatic heterocycles. The highest BCUT2D eigenvalue weighted by Crippen LogP contribution is 2.23. The second-order valence-corrected chi connectivity index (χ2v) is 5.91. The fourth-order valence-electron chi connectivity index (χ4n) is 3.30. The number of aryl methyl sites for hydroxylation is 1. The monoisotopic (exact) mass is 341 g/mol. The Morgan fingerprint density at radius 1 is 1.35 bits per heavy atom. The minimum Gasteiger partial charge on any atom is -0.379 e. The maximum absolute atomic E-state index is 12.7. The Kier molecular flexibility index (Phi) is 6.15. The van der Waals surface area contributed by atoms with Crippen molar-refractivity contribution in [3.8, 4) is 0 Å². The number of nitrogen functional groups attached to an aromatic ring is 1. The van der Waals surface area contributed by atoms with Crippen molar-refractivity contribution >= 4 is 24.3 Å². The summed E-state index contributed by atoms with van der Waals surface area (Å²) in [5, 5.41) is 6.32. The van der Waals surface area contributed by atoms with Crippen LogP contribution in [0.25, 0.3) is 0 Å². The normalized spacial score (nSPS) is 23.5. The molecule has 0 unspecified atom stereocenters. The molecule has 128 valence electrons. The number of piperidine rings is 1. The number of fused-ring (bicyclic) bond motifs is 1. The Morgan fingerprint density at radius 2 is 2.13 bits per heavy atom. The smallest absolute Gasteiger partial charge is 0.270 e. The Labute approximate surface area is 142 Å². The lowest BCUT2D eigenvalue weighted by Crippen LogP contribution is -2.54. The standard InChI is InChI=1S/C15H23N5O2.ClH/c1-22-12-6-7-17-8-11(12)18-14(21)13-9-4-2-3-5-10(9)19-15(16)20-13;/h11-12,17H,2-8H2,1H3,(H,18,21)(H2,16,19,20);1H/t11-,12+;/m0./s1. The van der Waals surface area contributed by atoms with Crippen molar-refractivity contribution in [3.05, 3.63) is 17.0 Å². The molecule has 23 heavy (non-hydrogen) atoms. The number of nitrogens with one attached hydrogen (secondary N) is 2. The largest absolute Gasteiger partial charge is 0.379 e.